The molecule has 0 radical (unpaired) electrons. The Bertz CT molecular complexity index is 315. The second-order valence-corrected chi connectivity index (χ2v) is 4.65. The summed E-state index contributed by atoms with van der Waals surface area (Å²) in [6.45, 7) is 3.78. The van der Waals surface area contributed by atoms with Crippen LogP contribution < -0.4 is 0 Å². The first-order valence-corrected chi connectivity index (χ1v) is 6.57. The van der Waals surface area contributed by atoms with Gasteiger partial charge in [-0.1, -0.05) is 36.7 Å². The van der Waals surface area contributed by atoms with E-state index >= 15 is 0 Å². The third-order valence-electron chi connectivity index (χ3n) is 2.74. The highest BCUT2D eigenvalue weighted by molar-refractivity contribution is 6.31. The lowest BCUT2D eigenvalue weighted by atomic mass is 9.97. The van der Waals surface area contributed by atoms with Crippen LogP contribution in [0.25, 0.3) is 0 Å². The van der Waals surface area contributed by atoms with Crippen molar-refractivity contribution < 1.29 is 9.84 Å². The Morgan fingerprint density at radius 1 is 1.29 bits per heavy atom. The van der Waals surface area contributed by atoms with E-state index in [1.165, 1.54) is 0 Å². The molecule has 0 fully saturated rings. The maximum atomic E-state index is 9.34. The van der Waals surface area contributed by atoms with Crippen molar-refractivity contribution in [1.29, 1.82) is 0 Å². The summed E-state index contributed by atoms with van der Waals surface area (Å²) in [5.41, 5.74) is 1.10. The fraction of sp³-hybridized carbons (Fsp3) is 0.571. The number of hydrogen-bond donors (Lipinski definition) is 1. The van der Waals surface area contributed by atoms with Gasteiger partial charge in [-0.05, 0) is 36.8 Å². The number of rotatable bonds is 8. The van der Waals surface area contributed by atoms with Gasteiger partial charge in [0, 0.05) is 24.8 Å². The van der Waals surface area contributed by atoms with Crippen LogP contribution in [0.1, 0.15) is 25.3 Å². The van der Waals surface area contributed by atoms with E-state index < -0.39 is 0 Å². The lowest BCUT2D eigenvalue weighted by Crippen LogP contribution is -2.13. The molecular formula is C14H21ClO2. The van der Waals surface area contributed by atoms with E-state index in [0.29, 0.717) is 6.61 Å². The molecule has 17 heavy (non-hydrogen) atoms. The highest BCUT2D eigenvalue weighted by atomic mass is 35.5. The van der Waals surface area contributed by atoms with E-state index in [1.807, 2.05) is 24.3 Å². The molecule has 1 N–H and O–H groups in total. The van der Waals surface area contributed by atoms with Crippen molar-refractivity contribution in [2.75, 3.05) is 19.8 Å². The Balaban J connectivity index is 2.38. The molecule has 0 saturated heterocycles. The number of ether oxygens (including phenoxy) is 1. The molecule has 0 heterocycles. The van der Waals surface area contributed by atoms with Gasteiger partial charge in [0.1, 0.15) is 0 Å². The number of halogens is 1. The van der Waals surface area contributed by atoms with Crippen LogP contribution in [-0.4, -0.2) is 24.9 Å². The number of benzene rings is 1. The van der Waals surface area contributed by atoms with Crippen LogP contribution in [0, 0.1) is 5.92 Å². The van der Waals surface area contributed by atoms with Crippen molar-refractivity contribution in [3.63, 3.8) is 0 Å². The summed E-state index contributed by atoms with van der Waals surface area (Å²) in [5, 5.41) is 10.1. The summed E-state index contributed by atoms with van der Waals surface area (Å²) in [4.78, 5) is 0. The van der Waals surface area contributed by atoms with Crippen LogP contribution in [0.4, 0.5) is 0 Å². The fourth-order valence-electron chi connectivity index (χ4n) is 1.73. The van der Waals surface area contributed by atoms with Crippen LogP contribution in [0.3, 0.4) is 0 Å². The minimum absolute atomic E-state index is 0.181. The molecule has 96 valence electrons. The first-order chi connectivity index (χ1) is 8.27. The first kappa shape index (κ1) is 14.5. The molecule has 0 aliphatic carbocycles. The maximum Gasteiger partial charge on any atom is 0.0469 e. The molecule has 0 aliphatic rings. The smallest absolute Gasteiger partial charge is 0.0469 e. The summed E-state index contributed by atoms with van der Waals surface area (Å²) in [6.07, 6.45) is 2.72. The molecule has 1 aromatic carbocycles. The Hall–Kier alpha value is -0.570. The van der Waals surface area contributed by atoms with Crippen molar-refractivity contribution in [2.24, 2.45) is 5.92 Å². The van der Waals surface area contributed by atoms with Crippen LogP contribution >= 0.6 is 11.6 Å². The number of hydrogen-bond acceptors (Lipinski definition) is 2. The predicted molar refractivity (Wildman–Crippen MR) is 71.5 cm³/mol. The second kappa shape index (κ2) is 8.51. The molecular weight excluding hydrogens is 236 g/mol. The number of aliphatic hydroxyl groups is 1. The largest absolute Gasteiger partial charge is 0.396 e. The normalized spacial score (nSPS) is 12.6. The van der Waals surface area contributed by atoms with Gasteiger partial charge in [0.15, 0.2) is 0 Å². The van der Waals surface area contributed by atoms with Gasteiger partial charge < -0.3 is 9.84 Å². The van der Waals surface area contributed by atoms with Gasteiger partial charge in [0.25, 0.3) is 0 Å². The Morgan fingerprint density at radius 3 is 2.71 bits per heavy atom. The van der Waals surface area contributed by atoms with Crippen molar-refractivity contribution in [3.05, 3.63) is 34.9 Å². The zero-order chi connectivity index (χ0) is 12.5. The van der Waals surface area contributed by atoms with Gasteiger partial charge in [-0.3, -0.25) is 0 Å². The highest BCUT2D eigenvalue weighted by Crippen LogP contribution is 2.20. The molecule has 2 nitrogen and oxygen atoms in total. The number of aliphatic hydroxyl groups excluding tert-OH is 1. The Morgan fingerprint density at radius 2 is 2.06 bits per heavy atom. The lowest BCUT2D eigenvalue weighted by Gasteiger charge is -2.15. The summed E-state index contributed by atoms with van der Waals surface area (Å²) in [6, 6.07) is 7.80. The van der Waals surface area contributed by atoms with Gasteiger partial charge in [-0.25, -0.2) is 0 Å². The van der Waals surface area contributed by atoms with E-state index in [2.05, 4.69) is 6.92 Å². The zero-order valence-corrected chi connectivity index (χ0v) is 11.1. The van der Waals surface area contributed by atoms with Gasteiger partial charge in [-0.15, -0.1) is 0 Å². The Labute approximate surface area is 109 Å². The molecule has 1 rings (SSSR count). The SMILES string of the molecule is CCCOCCC(CO)Cc1ccccc1Cl. The molecule has 0 aromatic heterocycles. The monoisotopic (exact) mass is 256 g/mol. The van der Waals surface area contributed by atoms with E-state index in [-0.39, 0.29) is 12.5 Å². The molecule has 1 atom stereocenters. The topological polar surface area (TPSA) is 29.5 Å². The molecule has 1 unspecified atom stereocenters. The van der Waals surface area contributed by atoms with Gasteiger partial charge in [0.05, 0.1) is 0 Å². The maximum absolute atomic E-state index is 9.34. The van der Waals surface area contributed by atoms with E-state index in [0.717, 1.165) is 36.5 Å². The Kier molecular flexibility index (Phi) is 7.25. The molecule has 3 heteroatoms. The van der Waals surface area contributed by atoms with Crippen molar-refractivity contribution in [1.82, 2.24) is 0 Å². The molecule has 0 bridgehead atoms. The molecule has 0 saturated carbocycles. The predicted octanol–water partition coefficient (Wildman–Crippen LogP) is 3.31. The fourth-order valence-corrected chi connectivity index (χ4v) is 1.94. The summed E-state index contributed by atoms with van der Waals surface area (Å²) in [5.74, 6) is 0.228. The van der Waals surface area contributed by atoms with Crippen LogP contribution in [0.2, 0.25) is 5.02 Å². The minimum Gasteiger partial charge on any atom is -0.396 e. The molecule has 1 aromatic rings. The molecule has 0 aliphatic heterocycles. The summed E-state index contributed by atoms with van der Waals surface area (Å²) >= 11 is 6.10. The lowest BCUT2D eigenvalue weighted by molar-refractivity contribution is 0.106. The van der Waals surface area contributed by atoms with Crippen molar-refractivity contribution >= 4 is 11.6 Å². The quantitative estimate of drug-likeness (QED) is 0.723. The van der Waals surface area contributed by atoms with E-state index in [4.69, 9.17) is 16.3 Å². The third kappa shape index (κ3) is 5.53. The van der Waals surface area contributed by atoms with Crippen molar-refractivity contribution in [3.8, 4) is 0 Å². The summed E-state index contributed by atoms with van der Waals surface area (Å²) in [7, 11) is 0. The first-order valence-electron chi connectivity index (χ1n) is 6.20. The average molecular weight is 257 g/mol. The van der Waals surface area contributed by atoms with Gasteiger partial charge in [0.2, 0.25) is 0 Å². The third-order valence-corrected chi connectivity index (χ3v) is 3.11. The second-order valence-electron chi connectivity index (χ2n) is 4.25. The summed E-state index contributed by atoms with van der Waals surface area (Å²) < 4.78 is 5.44. The van der Waals surface area contributed by atoms with Crippen LogP contribution in [0.15, 0.2) is 24.3 Å². The van der Waals surface area contributed by atoms with Crippen LogP contribution in [-0.2, 0) is 11.2 Å². The van der Waals surface area contributed by atoms with Crippen LogP contribution in [0.5, 0.6) is 0 Å². The minimum atomic E-state index is 0.181. The highest BCUT2D eigenvalue weighted by Gasteiger charge is 2.10. The van der Waals surface area contributed by atoms with Gasteiger partial charge >= 0.3 is 0 Å². The molecule has 0 spiro atoms. The standard InChI is InChI=1S/C14H21ClO2/c1-2-8-17-9-7-12(11-16)10-13-5-3-4-6-14(13)15/h3-6,12,16H,2,7-11H2,1H3. The molecule has 0 amide bonds. The zero-order valence-electron chi connectivity index (χ0n) is 10.4. The van der Waals surface area contributed by atoms with E-state index in [9.17, 15) is 5.11 Å². The van der Waals surface area contributed by atoms with Gasteiger partial charge in [-0.2, -0.15) is 0 Å². The average Bonchev–Trinajstić information content (AvgIpc) is 2.35. The van der Waals surface area contributed by atoms with E-state index in [1.54, 1.807) is 0 Å². The van der Waals surface area contributed by atoms with Crippen molar-refractivity contribution in [2.45, 2.75) is 26.2 Å².